The van der Waals surface area contributed by atoms with Crippen molar-refractivity contribution in [3.05, 3.63) is 83.4 Å². The first kappa shape index (κ1) is 24.4. The summed E-state index contributed by atoms with van der Waals surface area (Å²) in [5.41, 5.74) is 2.93. The minimum atomic E-state index is -1.14. The molecule has 0 aliphatic carbocycles. The van der Waals surface area contributed by atoms with Crippen LogP contribution in [0.4, 0.5) is 5.69 Å². The highest BCUT2D eigenvalue weighted by Crippen LogP contribution is 2.27. The van der Waals surface area contributed by atoms with Gasteiger partial charge in [-0.25, -0.2) is 4.79 Å². The predicted octanol–water partition coefficient (Wildman–Crippen LogP) is 4.19. The minimum absolute atomic E-state index is 0.0140. The number of benzene rings is 3. The minimum Gasteiger partial charge on any atom is -0.507 e. The number of anilines is 1. The summed E-state index contributed by atoms with van der Waals surface area (Å²) >= 11 is 0. The molecule has 1 heterocycles. The Morgan fingerprint density at radius 3 is 2.26 bits per heavy atom. The van der Waals surface area contributed by atoms with Crippen LogP contribution in [0.15, 0.2) is 66.7 Å². The van der Waals surface area contributed by atoms with E-state index in [2.05, 4.69) is 22.0 Å². The van der Waals surface area contributed by atoms with Crippen LogP contribution in [0.5, 0.6) is 5.75 Å². The number of hydrogen-bond acceptors (Lipinski definition) is 5. The zero-order chi connectivity index (χ0) is 24.8. The lowest BCUT2D eigenvalue weighted by Gasteiger charge is -2.34. The first-order chi connectivity index (χ1) is 16.9. The zero-order valence-corrected chi connectivity index (χ0v) is 19.9. The number of piperazine rings is 1. The number of carbonyl (C=O) groups is 2. The Morgan fingerprint density at radius 1 is 0.857 bits per heavy atom. The number of rotatable bonds is 8. The SMILES string of the molecule is CCN1CCN(CCc2ccc(O)c(C(=O)Nc3cc(-c4ccccc4)ccc3C(=O)O)c2)CC1. The zero-order valence-electron chi connectivity index (χ0n) is 19.9. The third kappa shape index (κ3) is 6.07. The monoisotopic (exact) mass is 473 g/mol. The smallest absolute Gasteiger partial charge is 0.337 e. The molecule has 4 rings (SSSR count). The van der Waals surface area contributed by atoms with Gasteiger partial charge in [-0.05, 0) is 53.9 Å². The molecule has 3 aromatic carbocycles. The normalized spacial score (nSPS) is 14.5. The number of carboxylic acid groups (broad SMARTS) is 1. The molecule has 1 aliphatic rings. The van der Waals surface area contributed by atoms with Crippen LogP contribution in [0, 0.1) is 0 Å². The maximum Gasteiger partial charge on any atom is 0.337 e. The van der Waals surface area contributed by atoms with E-state index >= 15 is 0 Å². The summed E-state index contributed by atoms with van der Waals surface area (Å²) in [6.45, 7) is 8.30. The molecular formula is C28H31N3O4. The number of aromatic carboxylic acids is 1. The van der Waals surface area contributed by atoms with Crippen molar-refractivity contribution in [1.82, 2.24) is 9.80 Å². The molecule has 7 heteroatoms. The van der Waals surface area contributed by atoms with Crippen molar-refractivity contribution < 1.29 is 19.8 Å². The molecular weight excluding hydrogens is 442 g/mol. The number of phenols is 1. The number of aromatic hydroxyl groups is 1. The average Bonchev–Trinajstić information content (AvgIpc) is 2.88. The Hall–Kier alpha value is -3.68. The highest BCUT2D eigenvalue weighted by molar-refractivity contribution is 6.09. The van der Waals surface area contributed by atoms with E-state index in [1.807, 2.05) is 36.4 Å². The molecule has 3 N–H and O–H groups in total. The van der Waals surface area contributed by atoms with Crippen molar-refractivity contribution in [3.63, 3.8) is 0 Å². The highest BCUT2D eigenvalue weighted by Gasteiger charge is 2.19. The van der Waals surface area contributed by atoms with Gasteiger partial charge in [0.15, 0.2) is 0 Å². The van der Waals surface area contributed by atoms with Crippen LogP contribution in [0.2, 0.25) is 0 Å². The van der Waals surface area contributed by atoms with E-state index in [4.69, 9.17) is 0 Å². The maximum atomic E-state index is 13.1. The van der Waals surface area contributed by atoms with E-state index in [0.717, 1.165) is 62.4 Å². The van der Waals surface area contributed by atoms with Crippen molar-refractivity contribution in [2.45, 2.75) is 13.3 Å². The predicted molar refractivity (Wildman–Crippen MR) is 137 cm³/mol. The van der Waals surface area contributed by atoms with Crippen molar-refractivity contribution in [1.29, 1.82) is 0 Å². The maximum absolute atomic E-state index is 13.1. The van der Waals surface area contributed by atoms with Gasteiger partial charge in [0.1, 0.15) is 5.75 Å². The number of phenolic OH excluding ortho intramolecular Hbond substituents is 1. The van der Waals surface area contributed by atoms with E-state index in [0.29, 0.717) is 0 Å². The van der Waals surface area contributed by atoms with Crippen molar-refractivity contribution in [3.8, 4) is 16.9 Å². The number of carboxylic acids is 1. The van der Waals surface area contributed by atoms with Gasteiger partial charge < -0.3 is 25.3 Å². The standard InChI is InChI=1S/C28H31N3O4/c1-2-30-14-16-31(17-15-30)13-12-20-8-11-26(32)24(18-20)27(33)29-25-19-22(9-10-23(25)28(34)35)21-6-4-3-5-7-21/h3-11,18-19,32H,2,12-17H2,1H3,(H,29,33)(H,34,35). The summed E-state index contributed by atoms with van der Waals surface area (Å²) in [7, 11) is 0. The number of hydrogen-bond donors (Lipinski definition) is 3. The van der Waals surface area contributed by atoms with Crippen LogP contribution >= 0.6 is 0 Å². The third-order valence-electron chi connectivity index (χ3n) is 6.54. The van der Waals surface area contributed by atoms with E-state index in [-0.39, 0.29) is 22.6 Å². The van der Waals surface area contributed by atoms with Gasteiger partial charge in [-0.3, -0.25) is 4.79 Å². The molecule has 35 heavy (non-hydrogen) atoms. The number of likely N-dealkylation sites (N-methyl/N-ethyl adjacent to an activating group) is 1. The number of carbonyl (C=O) groups excluding carboxylic acids is 1. The molecule has 0 aromatic heterocycles. The lowest BCUT2D eigenvalue weighted by atomic mass is 10.0. The Bertz CT molecular complexity index is 1190. The molecule has 3 aromatic rings. The fourth-order valence-corrected chi connectivity index (χ4v) is 4.37. The topological polar surface area (TPSA) is 93.1 Å². The molecule has 0 spiro atoms. The van der Waals surface area contributed by atoms with Crippen LogP contribution in [0.1, 0.15) is 33.2 Å². The fraction of sp³-hybridized carbons (Fsp3) is 0.286. The third-order valence-corrected chi connectivity index (χ3v) is 6.54. The second-order valence-electron chi connectivity index (χ2n) is 8.76. The fourth-order valence-electron chi connectivity index (χ4n) is 4.37. The van der Waals surface area contributed by atoms with Crippen molar-refractivity contribution in [2.75, 3.05) is 44.6 Å². The quantitative estimate of drug-likeness (QED) is 0.454. The van der Waals surface area contributed by atoms with Crippen LogP contribution < -0.4 is 5.32 Å². The highest BCUT2D eigenvalue weighted by atomic mass is 16.4. The molecule has 1 aliphatic heterocycles. The summed E-state index contributed by atoms with van der Waals surface area (Å²) in [5.74, 6) is -1.83. The Kier molecular flexibility index (Phi) is 7.80. The van der Waals surface area contributed by atoms with Gasteiger partial charge in [-0.2, -0.15) is 0 Å². The van der Waals surface area contributed by atoms with Gasteiger partial charge in [0.05, 0.1) is 16.8 Å². The molecule has 0 atom stereocenters. The first-order valence-corrected chi connectivity index (χ1v) is 12.0. The number of nitrogens with one attached hydrogen (secondary N) is 1. The van der Waals surface area contributed by atoms with Crippen LogP contribution in [-0.2, 0) is 6.42 Å². The molecule has 0 radical (unpaired) electrons. The largest absolute Gasteiger partial charge is 0.507 e. The molecule has 0 unspecified atom stereocenters. The second-order valence-corrected chi connectivity index (χ2v) is 8.76. The lowest BCUT2D eigenvalue weighted by Crippen LogP contribution is -2.46. The van der Waals surface area contributed by atoms with Crippen molar-refractivity contribution in [2.24, 2.45) is 0 Å². The molecule has 0 saturated carbocycles. The van der Waals surface area contributed by atoms with Gasteiger partial charge >= 0.3 is 5.97 Å². The van der Waals surface area contributed by atoms with Gasteiger partial charge in [0.2, 0.25) is 0 Å². The summed E-state index contributed by atoms with van der Waals surface area (Å²) < 4.78 is 0. The average molecular weight is 474 g/mol. The van der Waals surface area contributed by atoms with Gasteiger partial charge in [-0.1, -0.05) is 49.4 Å². The van der Waals surface area contributed by atoms with Gasteiger partial charge in [0, 0.05) is 32.7 Å². The Morgan fingerprint density at radius 2 is 1.57 bits per heavy atom. The Balaban J connectivity index is 1.50. The summed E-state index contributed by atoms with van der Waals surface area (Å²) in [6.07, 6.45) is 0.760. The van der Waals surface area contributed by atoms with Gasteiger partial charge in [-0.15, -0.1) is 0 Å². The van der Waals surface area contributed by atoms with E-state index in [9.17, 15) is 19.8 Å². The first-order valence-electron chi connectivity index (χ1n) is 12.0. The molecule has 1 fully saturated rings. The second kappa shape index (κ2) is 11.2. The summed E-state index contributed by atoms with van der Waals surface area (Å²) in [4.78, 5) is 29.7. The van der Waals surface area contributed by atoms with E-state index < -0.39 is 11.9 Å². The lowest BCUT2D eigenvalue weighted by molar-refractivity contribution is 0.0698. The molecule has 7 nitrogen and oxygen atoms in total. The molecule has 1 saturated heterocycles. The number of amides is 1. The number of nitrogens with zero attached hydrogens (tertiary/aromatic N) is 2. The Labute approximate surface area is 205 Å². The van der Waals surface area contributed by atoms with E-state index in [1.54, 1.807) is 18.2 Å². The van der Waals surface area contributed by atoms with Crippen LogP contribution in [0.3, 0.4) is 0 Å². The van der Waals surface area contributed by atoms with Crippen LogP contribution in [-0.4, -0.2) is 71.2 Å². The van der Waals surface area contributed by atoms with Crippen molar-refractivity contribution >= 4 is 17.6 Å². The molecule has 182 valence electrons. The molecule has 0 bridgehead atoms. The van der Waals surface area contributed by atoms with Crippen LogP contribution in [0.25, 0.3) is 11.1 Å². The summed E-state index contributed by atoms with van der Waals surface area (Å²) in [6, 6.07) is 19.4. The van der Waals surface area contributed by atoms with E-state index in [1.165, 1.54) is 12.1 Å². The van der Waals surface area contributed by atoms with Gasteiger partial charge in [0.25, 0.3) is 5.91 Å². The summed E-state index contributed by atoms with van der Waals surface area (Å²) in [5, 5.41) is 22.7. The molecule has 1 amide bonds.